The van der Waals surface area contributed by atoms with Crippen LogP contribution in [0.5, 0.6) is 5.75 Å². The molecule has 0 unspecified atom stereocenters. The van der Waals surface area contributed by atoms with E-state index in [0.717, 1.165) is 46.8 Å². The number of amides is 1. The number of ether oxygens (including phenoxy) is 1. The molecule has 0 saturated carbocycles. The fraction of sp³-hybridized carbons (Fsp3) is 0.250. The van der Waals surface area contributed by atoms with Crippen LogP contribution in [0.4, 0.5) is 0 Å². The van der Waals surface area contributed by atoms with E-state index in [9.17, 15) is 4.79 Å². The Kier molecular flexibility index (Phi) is 4.75. The maximum absolute atomic E-state index is 13.1. The molecule has 6 nitrogen and oxygen atoms in total. The highest BCUT2D eigenvalue weighted by molar-refractivity contribution is 5.99. The van der Waals surface area contributed by atoms with Gasteiger partial charge >= 0.3 is 0 Å². The third-order valence-corrected chi connectivity index (χ3v) is 5.60. The molecule has 4 aromatic rings. The zero-order chi connectivity index (χ0) is 20.5. The van der Waals surface area contributed by atoms with Crippen LogP contribution in [0.25, 0.3) is 10.9 Å². The summed E-state index contributed by atoms with van der Waals surface area (Å²) in [4.78, 5) is 22.8. The van der Waals surface area contributed by atoms with Crippen LogP contribution >= 0.6 is 0 Å². The molecule has 2 aromatic heterocycles. The highest BCUT2D eigenvalue weighted by atomic mass is 16.5. The number of carbonyl (C=O) groups is 1. The van der Waals surface area contributed by atoms with Gasteiger partial charge in [-0.3, -0.25) is 4.79 Å². The first-order valence-electron chi connectivity index (χ1n) is 10.2. The lowest BCUT2D eigenvalue weighted by Gasteiger charge is -2.24. The predicted molar refractivity (Wildman–Crippen MR) is 114 cm³/mol. The largest absolute Gasteiger partial charge is 0.496 e. The standard InChI is InChI=1S/C24H23N3O3/c1-29-21-9-5-8-18-17(21)14-19(25-18)24(28)27-13-12-22-20(15-27)26-23(30-22)11-10-16-6-3-2-4-7-16/h2-9,14,25H,10-13,15H2,1H3. The van der Waals surface area contributed by atoms with E-state index in [1.165, 1.54) is 5.56 Å². The lowest BCUT2D eigenvalue weighted by Crippen LogP contribution is -2.36. The predicted octanol–water partition coefficient (Wildman–Crippen LogP) is 4.15. The van der Waals surface area contributed by atoms with E-state index in [0.29, 0.717) is 25.2 Å². The molecule has 1 N–H and O–H groups in total. The summed E-state index contributed by atoms with van der Waals surface area (Å²) in [6.45, 7) is 1.08. The van der Waals surface area contributed by atoms with Crippen molar-refractivity contribution in [1.29, 1.82) is 0 Å². The molecule has 6 heteroatoms. The Morgan fingerprint density at radius 3 is 2.87 bits per heavy atom. The van der Waals surface area contributed by atoms with E-state index in [1.807, 2.05) is 47.4 Å². The van der Waals surface area contributed by atoms with Crippen molar-refractivity contribution in [3.8, 4) is 5.75 Å². The maximum Gasteiger partial charge on any atom is 0.270 e. The van der Waals surface area contributed by atoms with Crippen molar-refractivity contribution in [3.63, 3.8) is 0 Å². The van der Waals surface area contributed by atoms with E-state index in [1.54, 1.807) is 7.11 Å². The van der Waals surface area contributed by atoms with Crippen molar-refractivity contribution in [2.75, 3.05) is 13.7 Å². The number of oxazole rings is 1. The number of hydrogen-bond donors (Lipinski definition) is 1. The number of nitrogens with one attached hydrogen (secondary N) is 1. The third kappa shape index (κ3) is 3.45. The number of aryl methyl sites for hydroxylation is 2. The number of aromatic nitrogens is 2. The van der Waals surface area contributed by atoms with Crippen molar-refractivity contribution >= 4 is 16.8 Å². The second-order valence-electron chi connectivity index (χ2n) is 7.54. The minimum atomic E-state index is -0.0345. The van der Waals surface area contributed by atoms with Gasteiger partial charge in [-0.1, -0.05) is 36.4 Å². The molecule has 0 atom stereocenters. The minimum Gasteiger partial charge on any atom is -0.496 e. The van der Waals surface area contributed by atoms with Crippen molar-refractivity contribution in [1.82, 2.24) is 14.9 Å². The van der Waals surface area contributed by atoms with Gasteiger partial charge in [-0.25, -0.2) is 4.98 Å². The molecular weight excluding hydrogens is 378 g/mol. The lowest BCUT2D eigenvalue weighted by molar-refractivity contribution is 0.0723. The first kappa shape index (κ1) is 18.5. The van der Waals surface area contributed by atoms with Gasteiger partial charge in [0, 0.05) is 30.3 Å². The Hall–Kier alpha value is -3.54. The van der Waals surface area contributed by atoms with E-state index < -0.39 is 0 Å². The van der Waals surface area contributed by atoms with E-state index >= 15 is 0 Å². The van der Waals surface area contributed by atoms with Gasteiger partial charge < -0.3 is 19.0 Å². The Morgan fingerprint density at radius 2 is 2.03 bits per heavy atom. The van der Waals surface area contributed by atoms with Crippen molar-refractivity contribution in [3.05, 3.63) is 83.2 Å². The maximum atomic E-state index is 13.1. The summed E-state index contributed by atoms with van der Waals surface area (Å²) in [5.74, 6) is 2.37. The van der Waals surface area contributed by atoms with Gasteiger partial charge in [0.05, 0.1) is 13.7 Å². The van der Waals surface area contributed by atoms with Crippen LogP contribution in [0.2, 0.25) is 0 Å². The summed E-state index contributed by atoms with van der Waals surface area (Å²) >= 11 is 0. The van der Waals surface area contributed by atoms with Gasteiger partial charge in [0.15, 0.2) is 5.89 Å². The molecule has 0 saturated heterocycles. The third-order valence-electron chi connectivity index (χ3n) is 5.60. The highest BCUT2D eigenvalue weighted by Crippen LogP contribution is 2.28. The molecule has 152 valence electrons. The second kappa shape index (κ2) is 7.71. The summed E-state index contributed by atoms with van der Waals surface area (Å²) in [5.41, 5.74) is 3.58. The van der Waals surface area contributed by atoms with Crippen LogP contribution in [-0.2, 0) is 25.8 Å². The highest BCUT2D eigenvalue weighted by Gasteiger charge is 2.27. The quantitative estimate of drug-likeness (QED) is 0.545. The van der Waals surface area contributed by atoms with Gasteiger partial charge in [-0.2, -0.15) is 0 Å². The molecule has 1 aliphatic rings. The van der Waals surface area contributed by atoms with E-state index in [4.69, 9.17) is 9.15 Å². The Labute approximate surface area is 174 Å². The summed E-state index contributed by atoms with van der Waals surface area (Å²) in [7, 11) is 1.63. The monoisotopic (exact) mass is 401 g/mol. The molecular formula is C24H23N3O3. The molecule has 30 heavy (non-hydrogen) atoms. The second-order valence-corrected chi connectivity index (χ2v) is 7.54. The van der Waals surface area contributed by atoms with Gasteiger partial charge in [0.1, 0.15) is 22.9 Å². The number of nitrogens with zero attached hydrogens (tertiary/aromatic N) is 2. The van der Waals surface area contributed by atoms with Crippen molar-refractivity contribution in [2.24, 2.45) is 0 Å². The number of benzene rings is 2. The summed E-state index contributed by atoms with van der Waals surface area (Å²) < 4.78 is 11.4. The zero-order valence-electron chi connectivity index (χ0n) is 16.9. The molecule has 0 radical (unpaired) electrons. The molecule has 1 aliphatic heterocycles. The fourth-order valence-electron chi connectivity index (χ4n) is 4.02. The topological polar surface area (TPSA) is 71.4 Å². The van der Waals surface area contributed by atoms with Crippen LogP contribution in [0, 0.1) is 0 Å². The van der Waals surface area contributed by atoms with Gasteiger partial charge in [0.2, 0.25) is 0 Å². The number of hydrogen-bond acceptors (Lipinski definition) is 4. The zero-order valence-corrected chi connectivity index (χ0v) is 16.9. The number of fused-ring (bicyclic) bond motifs is 2. The van der Waals surface area contributed by atoms with Gasteiger partial charge in [-0.05, 0) is 30.2 Å². The summed E-state index contributed by atoms with van der Waals surface area (Å²) in [6.07, 6.45) is 2.33. The SMILES string of the molecule is COc1cccc2[nH]c(C(=O)N3CCc4oc(CCc5ccccc5)nc4C3)cc12. The average Bonchev–Trinajstić information content (AvgIpc) is 3.41. The normalized spacial score (nSPS) is 13.4. The van der Waals surface area contributed by atoms with Crippen LogP contribution in [0.3, 0.4) is 0 Å². The number of H-pyrrole nitrogens is 1. The van der Waals surface area contributed by atoms with Crippen molar-refractivity contribution < 1.29 is 13.9 Å². The number of rotatable bonds is 5. The van der Waals surface area contributed by atoms with Gasteiger partial charge in [-0.15, -0.1) is 0 Å². The summed E-state index contributed by atoms with van der Waals surface area (Å²) in [5, 5.41) is 0.908. The molecule has 0 bridgehead atoms. The number of aromatic amines is 1. The molecule has 5 rings (SSSR count). The average molecular weight is 401 g/mol. The smallest absolute Gasteiger partial charge is 0.270 e. The molecule has 0 spiro atoms. The van der Waals surface area contributed by atoms with Crippen LogP contribution < -0.4 is 4.74 Å². The molecule has 1 amide bonds. The van der Waals surface area contributed by atoms with E-state index in [2.05, 4.69) is 22.1 Å². The molecule has 3 heterocycles. The van der Waals surface area contributed by atoms with E-state index in [-0.39, 0.29) is 5.91 Å². The first-order valence-corrected chi connectivity index (χ1v) is 10.2. The Morgan fingerprint density at radius 1 is 1.17 bits per heavy atom. The van der Waals surface area contributed by atoms with Crippen LogP contribution in [-0.4, -0.2) is 34.4 Å². The first-order chi connectivity index (χ1) is 14.7. The summed E-state index contributed by atoms with van der Waals surface area (Å²) in [6, 6.07) is 17.9. The minimum absolute atomic E-state index is 0.0345. The Balaban J connectivity index is 1.30. The van der Waals surface area contributed by atoms with Gasteiger partial charge in [0.25, 0.3) is 5.91 Å². The van der Waals surface area contributed by atoms with Crippen molar-refractivity contribution in [2.45, 2.75) is 25.8 Å². The fourth-order valence-corrected chi connectivity index (χ4v) is 4.02. The number of methoxy groups -OCH3 is 1. The van der Waals surface area contributed by atoms with Crippen LogP contribution in [0.1, 0.15) is 33.4 Å². The Bertz CT molecular complexity index is 1190. The molecule has 0 fully saturated rings. The molecule has 2 aromatic carbocycles. The number of carbonyl (C=O) groups excluding carboxylic acids is 1. The molecule has 0 aliphatic carbocycles. The lowest BCUT2D eigenvalue weighted by atomic mass is 10.1. The van der Waals surface area contributed by atoms with Crippen LogP contribution in [0.15, 0.2) is 59.0 Å².